The van der Waals surface area contributed by atoms with Gasteiger partial charge >= 0.3 is 6.18 Å². The van der Waals surface area contributed by atoms with Crippen molar-refractivity contribution in [3.63, 3.8) is 0 Å². The molecule has 5 nitrogen and oxygen atoms in total. The molecule has 1 amide bonds. The molecule has 0 aliphatic rings. The third-order valence-electron chi connectivity index (χ3n) is 2.88. The van der Waals surface area contributed by atoms with Crippen molar-refractivity contribution in [2.45, 2.75) is 38.5 Å². The van der Waals surface area contributed by atoms with Crippen LogP contribution in [0.1, 0.15) is 42.7 Å². The molecule has 0 bridgehead atoms. The number of carbonyl (C=O) groups is 1. The van der Waals surface area contributed by atoms with Crippen LogP contribution in [0.25, 0.3) is 0 Å². The minimum Gasteiger partial charge on any atom is -0.388 e. The number of aromatic amines is 1. The number of aromatic nitrogens is 1. The lowest BCUT2D eigenvalue weighted by Gasteiger charge is -2.22. The van der Waals surface area contributed by atoms with Gasteiger partial charge in [-0.05, 0) is 25.5 Å². The third kappa shape index (κ3) is 4.89. The Hall–Kier alpha value is -1.83. The maximum atomic E-state index is 12.4. The molecule has 0 spiro atoms. The van der Waals surface area contributed by atoms with E-state index in [0.29, 0.717) is 18.9 Å². The van der Waals surface area contributed by atoms with Gasteiger partial charge < -0.3 is 15.4 Å². The molecule has 0 radical (unpaired) electrons. The van der Waals surface area contributed by atoms with Crippen LogP contribution in [0.5, 0.6) is 0 Å². The quantitative estimate of drug-likeness (QED) is 0.774. The van der Waals surface area contributed by atoms with E-state index in [2.05, 4.69) is 5.32 Å². The first kappa shape index (κ1) is 17.2. The van der Waals surface area contributed by atoms with Gasteiger partial charge in [-0.1, -0.05) is 13.3 Å². The van der Waals surface area contributed by atoms with Crippen LogP contribution in [0, 0.1) is 0 Å². The van der Waals surface area contributed by atoms with E-state index in [1.54, 1.807) is 4.98 Å². The van der Waals surface area contributed by atoms with E-state index in [-0.39, 0.29) is 6.54 Å². The standard InChI is InChI=1S/C13H17F3N2O3/c1-3-6-12(2,21)7-17-10(19)8-4-5-9(13(14,15)16)18-11(8)20/h4-5,21H,3,6-7H2,1-2H3,(H,17,19)(H,18,20). The Morgan fingerprint density at radius 3 is 2.48 bits per heavy atom. The smallest absolute Gasteiger partial charge is 0.388 e. The fourth-order valence-corrected chi connectivity index (χ4v) is 1.81. The number of nitrogens with one attached hydrogen (secondary N) is 2. The largest absolute Gasteiger partial charge is 0.431 e. The van der Waals surface area contributed by atoms with Gasteiger partial charge in [0.15, 0.2) is 0 Å². The molecule has 1 heterocycles. The summed E-state index contributed by atoms with van der Waals surface area (Å²) < 4.78 is 37.2. The van der Waals surface area contributed by atoms with Crippen LogP contribution in [0.3, 0.4) is 0 Å². The van der Waals surface area contributed by atoms with Crippen LogP contribution in [0.15, 0.2) is 16.9 Å². The van der Waals surface area contributed by atoms with Gasteiger partial charge in [0.2, 0.25) is 0 Å². The zero-order valence-corrected chi connectivity index (χ0v) is 11.7. The summed E-state index contributed by atoms with van der Waals surface area (Å²) in [5, 5.41) is 12.2. The van der Waals surface area contributed by atoms with Crippen molar-refractivity contribution in [2.75, 3.05) is 6.54 Å². The molecule has 1 atom stereocenters. The van der Waals surface area contributed by atoms with Crippen LogP contribution in [0.2, 0.25) is 0 Å². The van der Waals surface area contributed by atoms with E-state index >= 15 is 0 Å². The molecule has 1 unspecified atom stereocenters. The Labute approximate surface area is 119 Å². The van der Waals surface area contributed by atoms with Crippen molar-refractivity contribution in [3.8, 4) is 0 Å². The molecule has 0 saturated heterocycles. The highest BCUT2D eigenvalue weighted by Gasteiger charge is 2.32. The number of pyridine rings is 1. The lowest BCUT2D eigenvalue weighted by molar-refractivity contribution is -0.141. The highest BCUT2D eigenvalue weighted by molar-refractivity contribution is 5.93. The summed E-state index contributed by atoms with van der Waals surface area (Å²) in [6.07, 6.45) is -3.54. The second-order valence-corrected chi connectivity index (χ2v) is 5.04. The van der Waals surface area contributed by atoms with E-state index in [4.69, 9.17) is 0 Å². The topological polar surface area (TPSA) is 82.2 Å². The van der Waals surface area contributed by atoms with Gasteiger partial charge in [0, 0.05) is 6.54 Å². The normalized spacial score (nSPS) is 14.6. The highest BCUT2D eigenvalue weighted by atomic mass is 19.4. The van der Waals surface area contributed by atoms with Crippen LogP contribution < -0.4 is 10.9 Å². The molecule has 1 aromatic rings. The number of carbonyl (C=O) groups excluding carboxylic acids is 1. The molecule has 3 N–H and O–H groups in total. The van der Waals surface area contributed by atoms with Crippen LogP contribution in [0.4, 0.5) is 13.2 Å². The molecule has 0 aliphatic carbocycles. The van der Waals surface area contributed by atoms with E-state index in [0.717, 1.165) is 6.07 Å². The summed E-state index contributed by atoms with van der Waals surface area (Å²) in [4.78, 5) is 24.9. The molecule has 0 saturated carbocycles. The summed E-state index contributed by atoms with van der Waals surface area (Å²) in [6.45, 7) is 3.28. The summed E-state index contributed by atoms with van der Waals surface area (Å²) in [5.41, 5.74) is -3.92. The predicted molar refractivity (Wildman–Crippen MR) is 69.9 cm³/mol. The number of hydrogen-bond donors (Lipinski definition) is 3. The first-order valence-corrected chi connectivity index (χ1v) is 6.38. The van der Waals surface area contributed by atoms with Gasteiger partial charge in [0.25, 0.3) is 11.5 Å². The Morgan fingerprint density at radius 2 is 2.00 bits per heavy atom. The molecule has 0 aromatic carbocycles. The van der Waals surface area contributed by atoms with Gasteiger partial charge in [0.1, 0.15) is 11.3 Å². The molecule has 0 aliphatic heterocycles. The number of halogens is 3. The number of hydrogen-bond acceptors (Lipinski definition) is 3. The van der Waals surface area contributed by atoms with Crippen molar-refractivity contribution in [2.24, 2.45) is 0 Å². The molecule has 8 heteroatoms. The van der Waals surface area contributed by atoms with Crippen molar-refractivity contribution in [3.05, 3.63) is 33.7 Å². The first-order valence-electron chi connectivity index (χ1n) is 6.38. The predicted octanol–water partition coefficient (Wildman–Crippen LogP) is 1.67. The lowest BCUT2D eigenvalue weighted by atomic mass is 10.0. The number of alkyl halides is 3. The second-order valence-electron chi connectivity index (χ2n) is 5.04. The average Bonchev–Trinajstić information content (AvgIpc) is 2.35. The van der Waals surface area contributed by atoms with E-state index in [1.807, 2.05) is 6.92 Å². The SMILES string of the molecule is CCCC(C)(O)CNC(=O)c1ccc(C(F)(F)F)[nH]c1=O. The molecule has 0 fully saturated rings. The van der Waals surface area contributed by atoms with Crippen molar-refractivity contribution < 1.29 is 23.1 Å². The van der Waals surface area contributed by atoms with Crippen LogP contribution in [-0.4, -0.2) is 28.1 Å². The Balaban J connectivity index is 2.83. The van der Waals surface area contributed by atoms with Gasteiger partial charge in [-0.2, -0.15) is 13.2 Å². The zero-order valence-electron chi connectivity index (χ0n) is 11.7. The molecule has 1 rings (SSSR count). The second kappa shape index (κ2) is 6.30. The van der Waals surface area contributed by atoms with Gasteiger partial charge in [-0.15, -0.1) is 0 Å². The highest BCUT2D eigenvalue weighted by Crippen LogP contribution is 2.26. The number of aliphatic hydroxyl groups is 1. The Kier molecular flexibility index (Phi) is 5.16. The molecule has 1 aromatic heterocycles. The average molecular weight is 306 g/mol. The van der Waals surface area contributed by atoms with E-state index in [9.17, 15) is 27.9 Å². The molecule has 21 heavy (non-hydrogen) atoms. The number of H-pyrrole nitrogens is 1. The fourth-order valence-electron chi connectivity index (χ4n) is 1.81. The summed E-state index contributed by atoms with van der Waals surface area (Å²) in [7, 11) is 0. The summed E-state index contributed by atoms with van der Waals surface area (Å²) >= 11 is 0. The summed E-state index contributed by atoms with van der Waals surface area (Å²) in [5.74, 6) is -0.832. The molecule has 118 valence electrons. The number of amides is 1. The Bertz CT molecular complexity index is 565. The minimum absolute atomic E-state index is 0.0971. The van der Waals surface area contributed by atoms with Crippen molar-refractivity contribution in [1.82, 2.24) is 10.3 Å². The maximum Gasteiger partial charge on any atom is 0.431 e. The molecular formula is C13H17F3N2O3. The van der Waals surface area contributed by atoms with E-state index in [1.165, 1.54) is 6.92 Å². The van der Waals surface area contributed by atoms with Crippen molar-refractivity contribution >= 4 is 5.91 Å². The van der Waals surface area contributed by atoms with Crippen LogP contribution in [-0.2, 0) is 6.18 Å². The molecular weight excluding hydrogens is 289 g/mol. The Morgan fingerprint density at radius 1 is 1.38 bits per heavy atom. The summed E-state index contributed by atoms with van der Waals surface area (Å²) in [6, 6.07) is 1.44. The van der Waals surface area contributed by atoms with Crippen molar-refractivity contribution in [1.29, 1.82) is 0 Å². The van der Waals surface area contributed by atoms with Gasteiger partial charge in [-0.25, -0.2) is 0 Å². The third-order valence-corrected chi connectivity index (χ3v) is 2.88. The monoisotopic (exact) mass is 306 g/mol. The maximum absolute atomic E-state index is 12.4. The zero-order chi connectivity index (χ0) is 16.3. The minimum atomic E-state index is -4.68. The number of rotatable bonds is 5. The first-order chi connectivity index (χ1) is 9.57. The van der Waals surface area contributed by atoms with E-state index < -0.39 is 34.5 Å². The fraction of sp³-hybridized carbons (Fsp3) is 0.538. The van der Waals surface area contributed by atoms with Gasteiger partial charge in [-0.3, -0.25) is 9.59 Å². The van der Waals surface area contributed by atoms with Gasteiger partial charge in [0.05, 0.1) is 5.60 Å². The van der Waals surface area contributed by atoms with Crippen LogP contribution >= 0.6 is 0 Å². The lowest BCUT2D eigenvalue weighted by Crippen LogP contribution is -2.42.